The minimum absolute atomic E-state index is 0.0238. The van der Waals surface area contributed by atoms with E-state index >= 15 is 0 Å². The van der Waals surface area contributed by atoms with Gasteiger partial charge in [0.25, 0.3) is 0 Å². The topological polar surface area (TPSA) is 316 Å². The number of rotatable bonds is 29. The van der Waals surface area contributed by atoms with Crippen molar-refractivity contribution in [3.05, 3.63) is 0 Å². The molecule has 0 heterocycles. The standard InChI is InChI=1S/C36H70N10O8/c1-21(2)19-28(45-32(49)25(40)13-7-10-16-37)34(51)41-23(5)30(47)43-26(14-8-11-17-38)33(50)46-29(20-22(3)4)35(52)42-24(6)31(48)44-27(36(53)54)15-9-12-18-39/h21-29H,7-20,37-40H2,1-6H3,(H,41,51)(H,42,52)(H,43,47)(H,44,48)(H,45,49)(H,46,50)(H,53,54)/t23-,24-,25-,26-,27-,28-,29-/m0/s1. The van der Waals surface area contributed by atoms with Crippen molar-refractivity contribution in [2.45, 2.75) is 154 Å². The largest absolute Gasteiger partial charge is 0.480 e. The molecule has 54 heavy (non-hydrogen) atoms. The van der Waals surface area contributed by atoms with Gasteiger partial charge in [-0.2, -0.15) is 0 Å². The lowest BCUT2D eigenvalue weighted by Gasteiger charge is -2.27. The van der Waals surface area contributed by atoms with Crippen molar-refractivity contribution in [3.63, 3.8) is 0 Å². The van der Waals surface area contributed by atoms with Crippen LogP contribution in [-0.2, 0) is 33.6 Å². The summed E-state index contributed by atoms with van der Waals surface area (Å²) in [7, 11) is 0. The van der Waals surface area contributed by atoms with E-state index in [-0.39, 0.29) is 31.1 Å². The van der Waals surface area contributed by atoms with Gasteiger partial charge < -0.3 is 59.9 Å². The normalized spacial score (nSPS) is 15.2. The van der Waals surface area contributed by atoms with Crippen LogP contribution in [0, 0.1) is 11.8 Å². The highest BCUT2D eigenvalue weighted by Gasteiger charge is 2.32. The summed E-state index contributed by atoms with van der Waals surface area (Å²) in [5.74, 6) is -5.02. The van der Waals surface area contributed by atoms with Crippen LogP contribution in [0.4, 0.5) is 0 Å². The van der Waals surface area contributed by atoms with Gasteiger partial charge in [-0.15, -0.1) is 0 Å². The molecule has 0 aromatic rings. The molecule has 0 aliphatic heterocycles. The molecule has 0 spiro atoms. The summed E-state index contributed by atoms with van der Waals surface area (Å²) in [4.78, 5) is 90.9. The molecule has 0 bridgehead atoms. The number of carboxylic acid groups (broad SMARTS) is 1. The van der Waals surface area contributed by atoms with E-state index in [1.54, 1.807) is 0 Å². The van der Waals surface area contributed by atoms with E-state index in [1.165, 1.54) is 13.8 Å². The van der Waals surface area contributed by atoms with Crippen LogP contribution in [-0.4, -0.2) is 108 Å². The van der Waals surface area contributed by atoms with Gasteiger partial charge in [-0.25, -0.2) is 4.79 Å². The zero-order chi connectivity index (χ0) is 41.4. The Labute approximate surface area is 320 Å². The molecule has 0 saturated carbocycles. The second-order valence-electron chi connectivity index (χ2n) is 14.8. The molecule has 18 heteroatoms. The second kappa shape index (κ2) is 27.7. The summed E-state index contributed by atoms with van der Waals surface area (Å²) in [5, 5.41) is 25.2. The maximum atomic E-state index is 13.6. The van der Waals surface area contributed by atoms with Gasteiger partial charge in [0.1, 0.15) is 36.3 Å². The predicted octanol–water partition coefficient (Wildman–Crippen LogP) is -1.17. The van der Waals surface area contributed by atoms with E-state index in [0.717, 1.165) is 0 Å². The summed E-state index contributed by atoms with van der Waals surface area (Å²) in [6, 6.07) is -7.37. The molecule has 0 unspecified atom stereocenters. The van der Waals surface area contributed by atoms with Crippen LogP contribution >= 0.6 is 0 Å². The highest BCUT2D eigenvalue weighted by Crippen LogP contribution is 2.10. The molecule has 0 aliphatic rings. The third kappa shape index (κ3) is 21.1. The minimum Gasteiger partial charge on any atom is -0.480 e. The lowest BCUT2D eigenvalue weighted by atomic mass is 10.0. The van der Waals surface area contributed by atoms with Crippen molar-refractivity contribution in [2.75, 3.05) is 19.6 Å². The Bertz CT molecular complexity index is 1190. The monoisotopic (exact) mass is 771 g/mol. The van der Waals surface area contributed by atoms with Gasteiger partial charge >= 0.3 is 5.97 Å². The Balaban J connectivity index is 5.78. The molecule has 0 aromatic carbocycles. The van der Waals surface area contributed by atoms with Crippen molar-refractivity contribution in [2.24, 2.45) is 34.8 Å². The predicted molar refractivity (Wildman–Crippen MR) is 206 cm³/mol. The first-order valence-corrected chi connectivity index (χ1v) is 19.3. The summed E-state index contributed by atoms with van der Waals surface area (Å²) in [6.45, 7) is 11.5. The van der Waals surface area contributed by atoms with Crippen LogP contribution in [0.5, 0.6) is 0 Å². The molecule has 0 saturated heterocycles. The highest BCUT2D eigenvalue weighted by molar-refractivity contribution is 5.96. The number of amides is 6. The number of unbranched alkanes of at least 4 members (excludes halogenated alkanes) is 3. The number of hydrogen-bond acceptors (Lipinski definition) is 11. The van der Waals surface area contributed by atoms with Crippen LogP contribution in [0.1, 0.15) is 112 Å². The molecule has 0 aromatic heterocycles. The van der Waals surface area contributed by atoms with Gasteiger partial charge in [0.15, 0.2) is 0 Å². The lowest BCUT2D eigenvalue weighted by Crippen LogP contribution is -2.59. The molecule has 0 aliphatic carbocycles. The fraction of sp³-hybridized carbons (Fsp3) is 0.806. The summed E-state index contributed by atoms with van der Waals surface area (Å²) < 4.78 is 0. The van der Waals surface area contributed by atoms with Gasteiger partial charge in [-0.3, -0.25) is 28.8 Å². The Hall–Kier alpha value is -3.87. The molecule has 0 fully saturated rings. The minimum atomic E-state index is -1.21. The van der Waals surface area contributed by atoms with E-state index in [2.05, 4.69) is 31.9 Å². The van der Waals surface area contributed by atoms with Crippen LogP contribution < -0.4 is 54.8 Å². The maximum absolute atomic E-state index is 13.6. The Kier molecular flexibility index (Phi) is 25.7. The van der Waals surface area contributed by atoms with E-state index in [9.17, 15) is 38.7 Å². The summed E-state index contributed by atoms with van der Waals surface area (Å²) >= 11 is 0. The van der Waals surface area contributed by atoms with Crippen LogP contribution in [0.15, 0.2) is 0 Å². The number of carbonyl (C=O) groups is 7. The molecular formula is C36H70N10O8. The number of nitrogens with two attached hydrogens (primary N) is 4. The molecule has 18 nitrogen and oxygen atoms in total. The zero-order valence-corrected chi connectivity index (χ0v) is 33.2. The maximum Gasteiger partial charge on any atom is 0.326 e. The molecule has 6 amide bonds. The SMILES string of the molecule is CC(C)C[C@H](NC(=O)[C@H](CCCCN)NC(=O)[C@H](C)NC(=O)[C@H](CC(C)C)NC(=O)[C@@H](N)CCCCN)C(=O)N[C@@H](C)C(=O)N[C@@H](CCCCN)C(=O)O. The molecule has 7 atom stereocenters. The van der Waals surface area contributed by atoms with Gasteiger partial charge in [-0.1, -0.05) is 34.1 Å². The lowest BCUT2D eigenvalue weighted by molar-refractivity contribution is -0.142. The van der Waals surface area contributed by atoms with Crippen LogP contribution in [0.25, 0.3) is 0 Å². The zero-order valence-electron chi connectivity index (χ0n) is 33.2. The first-order valence-electron chi connectivity index (χ1n) is 19.3. The number of nitrogens with one attached hydrogen (secondary N) is 6. The van der Waals surface area contributed by atoms with E-state index in [4.69, 9.17) is 22.9 Å². The van der Waals surface area contributed by atoms with Crippen molar-refractivity contribution in [1.82, 2.24) is 31.9 Å². The van der Waals surface area contributed by atoms with E-state index in [1.807, 2.05) is 27.7 Å². The van der Waals surface area contributed by atoms with E-state index in [0.29, 0.717) is 71.0 Å². The van der Waals surface area contributed by atoms with Crippen LogP contribution in [0.3, 0.4) is 0 Å². The fourth-order valence-electron chi connectivity index (χ4n) is 5.46. The first-order chi connectivity index (χ1) is 25.4. The van der Waals surface area contributed by atoms with Gasteiger partial charge in [0.05, 0.1) is 6.04 Å². The van der Waals surface area contributed by atoms with Crippen molar-refractivity contribution in [3.8, 4) is 0 Å². The molecule has 15 N–H and O–H groups in total. The molecule has 0 radical (unpaired) electrons. The number of carbonyl (C=O) groups excluding carboxylic acids is 6. The summed E-state index contributed by atoms with van der Waals surface area (Å²) in [5.41, 5.74) is 22.7. The highest BCUT2D eigenvalue weighted by atomic mass is 16.4. The summed E-state index contributed by atoms with van der Waals surface area (Å²) in [6.07, 6.45) is 4.73. The number of carboxylic acids is 1. The third-order valence-electron chi connectivity index (χ3n) is 8.63. The Morgan fingerprint density at radius 1 is 0.444 bits per heavy atom. The smallest absolute Gasteiger partial charge is 0.326 e. The fourth-order valence-corrected chi connectivity index (χ4v) is 5.46. The molecule has 0 rings (SSSR count). The van der Waals surface area contributed by atoms with E-state index < -0.39 is 83.7 Å². The quantitative estimate of drug-likeness (QED) is 0.0401. The molecule has 312 valence electrons. The number of aliphatic carboxylic acids is 1. The second-order valence-corrected chi connectivity index (χ2v) is 14.8. The third-order valence-corrected chi connectivity index (χ3v) is 8.63. The average Bonchev–Trinajstić information content (AvgIpc) is 3.09. The number of hydrogen-bond donors (Lipinski definition) is 11. The Morgan fingerprint density at radius 2 is 0.778 bits per heavy atom. The van der Waals surface area contributed by atoms with Crippen molar-refractivity contribution >= 4 is 41.4 Å². The first kappa shape index (κ1) is 50.1. The van der Waals surface area contributed by atoms with Crippen molar-refractivity contribution in [1.29, 1.82) is 0 Å². The Morgan fingerprint density at radius 3 is 1.17 bits per heavy atom. The van der Waals surface area contributed by atoms with Crippen LogP contribution in [0.2, 0.25) is 0 Å². The van der Waals surface area contributed by atoms with Crippen molar-refractivity contribution < 1.29 is 38.7 Å². The van der Waals surface area contributed by atoms with Gasteiger partial charge in [0, 0.05) is 0 Å². The van der Waals surface area contributed by atoms with Gasteiger partial charge in [-0.05, 0) is 110 Å². The molecular weight excluding hydrogens is 700 g/mol. The van der Waals surface area contributed by atoms with Gasteiger partial charge in [0.2, 0.25) is 35.4 Å². The average molecular weight is 771 g/mol.